The van der Waals surface area contributed by atoms with Crippen LogP contribution in [-0.4, -0.2) is 36.4 Å². The largest absolute Gasteiger partial charge is 0.484 e. The molecule has 0 atom stereocenters. The lowest BCUT2D eigenvalue weighted by atomic mass is 10.0. The minimum Gasteiger partial charge on any atom is -0.484 e. The van der Waals surface area contributed by atoms with E-state index in [1.807, 2.05) is 48.7 Å². The first-order valence-electron chi connectivity index (χ1n) is 9.89. The van der Waals surface area contributed by atoms with Gasteiger partial charge in [0.2, 0.25) is 5.91 Å². The van der Waals surface area contributed by atoms with Gasteiger partial charge in [0.25, 0.3) is 5.91 Å². The summed E-state index contributed by atoms with van der Waals surface area (Å²) in [5.41, 5.74) is 2.59. The van der Waals surface area contributed by atoms with Crippen molar-refractivity contribution in [2.45, 2.75) is 13.5 Å². The van der Waals surface area contributed by atoms with E-state index in [4.69, 9.17) is 10.00 Å². The van der Waals surface area contributed by atoms with Crippen LogP contribution in [0.25, 0.3) is 11.1 Å². The Morgan fingerprint density at radius 2 is 1.74 bits per heavy atom. The van der Waals surface area contributed by atoms with Crippen LogP contribution in [0.1, 0.15) is 17.4 Å². The topological polar surface area (TPSA) is 82.4 Å². The summed E-state index contributed by atoms with van der Waals surface area (Å²) in [5, 5.41) is 13.7. The van der Waals surface area contributed by atoms with Gasteiger partial charge in [0.1, 0.15) is 5.75 Å². The van der Waals surface area contributed by atoms with E-state index < -0.39 is 0 Å². The van der Waals surface area contributed by atoms with Gasteiger partial charge in [-0.3, -0.25) is 9.59 Å². The van der Waals surface area contributed by atoms with Crippen molar-refractivity contribution in [2.75, 3.05) is 19.7 Å². The fourth-order valence-corrected chi connectivity index (χ4v) is 3.57. The van der Waals surface area contributed by atoms with Crippen molar-refractivity contribution in [2.24, 2.45) is 0 Å². The van der Waals surface area contributed by atoms with Crippen LogP contribution in [0.15, 0.2) is 66.0 Å². The molecule has 0 spiro atoms. The first kappa shape index (κ1) is 22.1. The van der Waals surface area contributed by atoms with Crippen molar-refractivity contribution in [3.63, 3.8) is 0 Å². The maximum absolute atomic E-state index is 12.5. The fourth-order valence-electron chi connectivity index (χ4n) is 2.92. The lowest BCUT2D eigenvalue weighted by molar-refractivity contribution is -0.137. The first-order valence-corrected chi connectivity index (χ1v) is 10.8. The Morgan fingerprint density at radius 1 is 1.06 bits per heavy atom. The van der Waals surface area contributed by atoms with Gasteiger partial charge in [0, 0.05) is 11.4 Å². The third kappa shape index (κ3) is 6.43. The summed E-state index contributed by atoms with van der Waals surface area (Å²) in [6.07, 6.45) is 0. The average molecular weight is 434 g/mol. The highest BCUT2D eigenvalue weighted by molar-refractivity contribution is 7.09. The van der Waals surface area contributed by atoms with Gasteiger partial charge >= 0.3 is 0 Å². The van der Waals surface area contributed by atoms with Crippen LogP contribution in [0.2, 0.25) is 0 Å². The molecule has 0 radical (unpaired) electrons. The first-order chi connectivity index (χ1) is 15.1. The standard InChI is InChI=1S/C24H23N3O3S/c1-2-27(16-23(28)26-15-22-4-3-13-31-22)24(29)17-30-21-11-9-20(10-12-21)19-7-5-18(14-25)6-8-19/h3-13H,2,15-17H2,1H3,(H,26,28). The van der Waals surface area contributed by atoms with Gasteiger partial charge in [0.05, 0.1) is 24.7 Å². The van der Waals surface area contributed by atoms with E-state index in [2.05, 4.69) is 11.4 Å². The molecule has 0 bridgehead atoms. The van der Waals surface area contributed by atoms with E-state index in [1.54, 1.807) is 35.6 Å². The number of hydrogen-bond donors (Lipinski definition) is 1. The number of benzene rings is 2. The molecular formula is C24H23N3O3S. The fraction of sp³-hybridized carbons (Fsp3) is 0.208. The molecule has 2 aromatic carbocycles. The highest BCUT2D eigenvalue weighted by atomic mass is 32.1. The number of nitriles is 1. The Bertz CT molecular complexity index is 1040. The molecule has 3 rings (SSSR count). The van der Waals surface area contributed by atoms with Crippen LogP contribution in [0.4, 0.5) is 0 Å². The maximum Gasteiger partial charge on any atom is 0.260 e. The number of hydrogen-bond acceptors (Lipinski definition) is 5. The van der Waals surface area contributed by atoms with Gasteiger partial charge < -0.3 is 15.0 Å². The molecule has 2 amide bonds. The summed E-state index contributed by atoms with van der Waals surface area (Å²) in [6.45, 7) is 2.58. The number of nitrogens with zero attached hydrogens (tertiary/aromatic N) is 2. The van der Waals surface area contributed by atoms with E-state index in [0.717, 1.165) is 16.0 Å². The van der Waals surface area contributed by atoms with Crippen molar-refractivity contribution in [1.82, 2.24) is 10.2 Å². The quantitative estimate of drug-likeness (QED) is 0.556. The second-order valence-corrected chi connectivity index (χ2v) is 7.80. The van der Waals surface area contributed by atoms with E-state index >= 15 is 0 Å². The molecule has 6 nitrogen and oxygen atoms in total. The van der Waals surface area contributed by atoms with E-state index in [1.165, 1.54) is 4.90 Å². The second-order valence-electron chi connectivity index (χ2n) is 6.77. The van der Waals surface area contributed by atoms with Crippen LogP contribution in [0, 0.1) is 11.3 Å². The smallest absolute Gasteiger partial charge is 0.260 e. The zero-order valence-corrected chi connectivity index (χ0v) is 18.0. The summed E-state index contributed by atoms with van der Waals surface area (Å²) in [7, 11) is 0. The highest BCUT2D eigenvalue weighted by Gasteiger charge is 2.16. The van der Waals surface area contributed by atoms with Crippen LogP contribution in [-0.2, 0) is 16.1 Å². The summed E-state index contributed by atoms with van der Waals surface area (Å²) >= 11 is 1.57. The van der Waals surface area contributed by atoms with Crippen molar-refractivity contribution >= 4 is 23.2 Å². The molecular weight excluding hydrogens is 410 g/mol. The molecule has 1 N–H and O–H groups in total. The van der Waals surface area contributed by atoms with Crippen LogP contribution in [0.5, 0.6) is 5.75 Å². The normalized spacial score (nSPS) is 10.2. The predicted octanol–water partition coefficient (Wildman–Crippen LogP) is 3.83. The van der Waals surface area contributed by atoms with Gasteiger partial charge in [-0.15, -0.1) is 11.3 Å². The number of rotatable bonds is 9. The Balaban J connectivity index is 1.48. The maximum atomic E-state index is 12.5. The minimum atomic E-state index is -0.245. The highest BCUT2D eigenvalue weighted by Crippen LogP contribution is 2.22. The average Bonchev–Trinajstić information content (AvgIpc) is 3.34. The van der Waals surface area contributed by atoms with Crippen molar-refractivity contribution < 1.29 is 14.3 Å². The number of likely N-dealkylation sites (N-methyl/N-ethyl adjacent to an activating group) is 1. The van der Waals surface area contributed by atoms with E-state index in [0.29, 0.717) is 24.4 Å². The molecule has 31 heavy (non-hydrogen) atoms. The molecule has 0 unspecified atom stereocenters. The Hall–Kier alpha value is -3.63. The zero-order valence-electron chi connectivity index (χ0n) is 17.2. The van der Waals surface area contributed by atoms with Gasteiger partial charge in [0.15, 0.2) is 6.61 Å². The van der Waals surface area contributed by atoms with Crippen molar-refractivity contribution in [3.05, 3.63) is 76.5 Å². The molecule has 158 valence electrons. The van der Waals surface area contributed by atoms with Gasteiger partial charge in [-0.2, -0.15) is 5.26 Å². The summed E-state index contributed by atoms with van der Waals surface area (Å²) in [6, 6.07) is 20.7. The number of ether oxygens (including phenoxy) is 1. The monoisotopic (exact) mass is 433 g/mol. The number of nitrogens with one attached hydrogen (secondary N) is 1. The third-order valence-corrected chi connectivity index (χ3v) is 5.55. The number of carbonyl (C=O) groups is 2. The minimum absolute atomic E-state index is 0.00169. The summed E-state index contributed by atoms with van der Waals surface area (Å²) < 4.78 is 5.61. The number of thiophene rings is 1. The molecule has 3 aromatic rings. The van der Waals surface area contributed by atoms with Crippen molar-refractivity contribution in [1.29, 1.82) is 5.26 Å². The molecule has 0 saturated heterocycles. The lowest BCUT2D eigenvalue weighted by Gasteiger charge is -2.20. The Labute approximate surface area is 185 Å². The van der Waals surface area contributed by atoms with Crippen LogP contribution in [0.3, 0.4) is 0 Å². The second kappa shape index (κ2) is 11.0. The summed E-state index contributed by atoms with van der Waals surface area (Å²) in [5.74, 6) is 0.129. The summed E-state index contributed by atoms with van der Waals surface area (Å²) in [4.78, 5) is 27.1. The van der Waals surface area contributed by atoms with Crippen molar-refractivity contribution in [3.8, 4) is 22.9 Å². The zero-order chi connectivity index (χ0) is 22.1. The number of amides is 2. The SMILES string of the molecule is CCN(CC(=O)NCc1cccs1)C(=O)COc1ccc(-c2ccc(C#N)cc2)cc1. The molecule has 0 fully saturated rings. The lowest BCUT2D eigenvalue weighted by Crippen LogP contribution is -2.42. The molecule has 0 aliphatic rings. The van der Waals surface area contributed by atoms with Gasteiger partial charge in [-0.1, -0.05) is 30.3 Å². The van der Waals surface area contributed by atoms with Crippen LogP contribution >= 0.6 is 11.3 Å². The van der Waals surface area contributed by atoms with E-state index in [9.17, 15) is 9.59 Å². The van der Waals surface area contributed by atoms with Gasteiger partial charge in [-0.05, 0) is 53.8 Å². The Kier molecular flexibility index (Phi) is 7.79. The molecule has 7 heteroatoms. The van der Waals surface area contributed by atoms with Crippen LogP contribution < -0.4 is 10.1 Å². The Morgan fingerprint density at radius 3 is 2.32 bits per heavy atom. The molecule has 1 heterocycles. The predicted molar refractivity (Wildman–Crippen MR) is 121 cm³/mol. The third-order valence-electron chi connectivity index (χ3n) is 4.67. The number of carbonyl (C=O) groups excluding carboxylic acids is 2. The molecule has 0 saturated carbocycles. The molecule has 1 aromatic heterocycles. The molecule has 0 aliphatic carbocycles. The molecule has 0 aliphatic heterocycles. The van der Waals surface area contributed by atoms with E-state index in [-0.39, 0.29) is 25.0 Å². The van der Waals surface area contributed by atoms with Gasteiger partial charge in [-0.25, -0.2) is 0 Å².